The second-order valence-electron chi connectivity index (χ2n) is 4.69. The molecule has 0 aliphatic carbocycles. The Hall–Kier alpha value is -1.62. The van der Waals surface area contributed by atoms with Gasteiger partial charge in [-0.1, -0.05) is 13.8 Å². The van der Waals surface area contributed by atoms with Gasteiger partial charge in [-0.3, -0.25) is 9.59 Å². The number of carbonyl (C=O) groups excluding carboxylic acids is 1. The van der Waals surface area contributed by atoms with E-state index in [2.05, 4.69) is 23.7 Å². The van der Waals surface area contributed by atoms with Crippen molar-refractivity contribution in [1.29, 1.82) is 0 Å². The summed E-state index contributed by atoms with van der Waals surface area (Å²) in [6, 6.07) is 1.39. The van der Waals surface area contributed by atoms with Crippen molar-refractivity contribution < 1.29 is 4.79 Å². The van der Waals surface area contributed by atoms with Crippen LogP contribution in [-0.4, -0.2) is 53.4 Å². The largest absolute Gasteiger partial charge is 0.367 e. The minimum Gasteiger partial charge on any atom is -0.367 e. The lowest BCUT2D eigenvalue weighted by molar-refractivity contribution is 0.0756. The van der Waals surface area contributed by atoms with Gasteiger partial charge in [0.25, 0.3) is 5.91 Å². The second-order valence-corrected chi connectivity index (χ2v) is 4.69. The lowest BCUT2D eigenvalue weighted by Gasteiger charge is -2.23. The maximum Gasteiger partial charge on any atom is 0.259 e. The fraction of sp³-hybridized carbons (Fsp3) is 0.600. The molecule has 0 spiro atoms. The van der Waals surface area contributed by atoms with Gasteiger partial charge in [0.2, 0.25) is 0 Å². The molecule has 0 aliphatic rings. The fourth-order valence-corrected chi connectivity index (χ4v) is 2.18. The molecule has 0 radical (unpaired) electrons. The highest BCUT2D eigenvalue weighted by Crippen LogP contribution is 2.01. The quantitative estimate of drug-likeness (QED) is 0.786. The Bertz CT molecular complexity index is 466. The van der Waals surface area contributed by atoms with Gasteiger partial charge in [-0.25, -0.2) is 0 Å². The summed E-state index contributed by atoms with van der Waals surface area (Å²) in [6.45, 7) is 10.5. The van der Waals surface area contributed by atoms with E-state index in [9.17, 15) is 9.59 Å². The molecular formula is C15H25N3O2. The number of aromatic nitrogens is 1. The third kappa shape index (κ3) is 4.49. The number of nitrogens with zero attached hydrogens (tertiary/aromatic N) is 2. The van der Waals surface area contributed by atoms with Gasteiger partial charge in [0.15, 0.2) is 5.43 Å². The first kappa shape index (κ1) is 16.4. The number of hydrogen-bond donors (Lipinski definition) is 1. The molecule has 1 aromatic heterocycles. The summed E-state index contributed by atoms with van der Waals surface area (Å²) in [5, 5.41) is 0. The van der Waals surface area contributed by atoms with Crippen LogP contribution in [-0.2, 0) is 0 Å². The van der Waals surface area contributed by atoms with Crippen LogP contribution in [0.1, 0.15) is 37.6 Å². The summed E-state index contributed by atoms with van der Waals surface area (Å²) in [5.74, 6) is -0.186. The summed E-state index contributed by atoms with van der Waals surface area (Å²) >= 11 is 0. The zero-order chi connectivity index (χ0) is 15.0. The van der Waals surface area contributed by atoms with E-state index in [1.165, 1.54) is 18.5 Å². The van der Waals surface area contributed by atoms with E-state index in [-0.39, 0.29) is 16.9 Å². The van der Waals surface area contributed by atoms with E-state index in [1.807, 2.05) is 6.92 Å². The van der Waals surface area contributed by atoms with Gasteiger partial charge in [-0.2, -0.15) is 0 Å². The van der Waals surface area contributed by atoms with Crippen molar-refractivity contribution in [2.45, 2.75) is 27.2 Å². The smallest absolute Gasteiger partial charge is 0.259 e. The van der Waals surface area contributed by atoms with E-state index < -0.39 is 0 Å². The highest BCUT2D eigenvalue weighted by molar-refractivity contribution is 5.93. The summed E-state index contributed by atoms with van der Waals surface area (Å²) in [7, 11) is 0. The van der Waals surface area contributed by atoms with Crippen LogP contribution >= 0.6 is 0 Å². The standard InChI is InChI=1S/C15H25N3O2/c1-4-17(5-2)10-7-11-18(6-3)15(20)13-12-16-9-8-14(13)19/h8-9,12H,4-7,10-11H2,1-3H3,(H,16,19). The predicted octanol–water partition coefficient (Wildman–Crippen LogP) is 1.57. The maximum absolute atomic E-state index is 12.3. The third-order valence-corrected chi connectivity index (χ3v) is 3.52. The molecule has 1 aromatic rings. The Morgan fingerprint density at radius 3 is 2.40 bits per heavy atom. The van der Waals surface area contributed by atoms with Crippen molar-refractivity contribution in [2.24, 2.45) is 0 Å². The van der Waals surface area contributed by atoms with Crippen LogP contribution in [0, 0.1) is 0 Å². The first-order valence-corrected chi connectivity index (χ1v) is 7.32. The molecule has 0 unspecified atom stereocenters. The number of aromatic amines is 1. The molecule has 0 saturated heterocycles. The fourth-order valence-electron chi connectivity index (χ4n) is 2.18. The zero-order valence-corrected chi connectivity index (χ0v) is 12.7. The van der Waals surface area contributed by atoms with Crippen LogP contribution < -0.4 is 5.43 Å². The maximum atomic E-state index is 12.3. The number of amides is 1. The van der Waals surface area contributed by atoms with Gasteiger partial charge in [0.05, 0.1) is 0 Å². The topological polar surface area (TPSA) is 56.4 Å². The molecule has 0 bridgehead atoms. The van der Waals surface area contributed by atoms with Gasteiger partial charge < -0.3 is 14.8 Å². The average molecular weight is 279 g/mol. The second kappa shape index (κ2) is 8.53. The zero-order valence-electron chi connectivity index (χ0n) is 12.7. The Morgan fingerprint density at radius 1 is 1.15 bits per heavy atom. The van der Waals surface area contributed by atoms with E-state index in [0.717, 1.165) is 26.1 Å². The lowest BCUT2D eigenvalue weighted by atomic mass is 10.2. The Labute approximate surface area is 120 Å². The minimum atomic E-state index is -0.226. The molecule has 0 atom stereocenters. The van der Waals surface area contributed by atoms with Crippen molar-refractivity contribution in [3.05, 3.63) is 34.2 Å². The number of nitrogens with one attached hydrogen (secondary N) is 1. The molecule has 1 N–H and O–H groups in total. The molecule has 1 amide bonds. The van der Waals surface area contributed by atoms with Crippen LogP contribution in [0.25, 0.3) is 0 Å². The van der Waals surface area contributed by atoms with Crippen molar-refractivity contribution in [3.8, 4) is 0 Å². The van der Waals surface area contributed by atoms with E-state index in [1.54, 1.807) is 4.90 Å². The SMILES string of the molecule is CCN(CC)CCCN(CC)C(=O)c1c[nH]ccc1=O. The minimum absolute atomic E-state index is 0.186. The van der Waals surface area contributed by atoms with Crippen LogP contribution in [0.2, 0.25) is 0 Å². The molecule has 1 rings (SSSR count). The Kier molecular flexibility index (Phi) is 7.01. The van der Waals surface area contributed by atoms with Gasteiger partial charge in [0, 0.05) is 31.5 Å². The van der Waals surface area contributed by atoms with Crippen LogP contribution in [0.15, 0.2) is 23.3 Å². The lowest BCUT2D eigenvalue weighted by Crippen LogP contribution is -2.36. The van der Waals surface area contributed by atoms with Gasteiger partial charge >= 0.3 is 0 Å². The summed E-state index contributed by atoms with van der Waals surface area (Å²) < 4.78 is 0. The van der Waals surface area contributed by atoms with Crippen LogP contribution in [0.4, 0.5) is 0 Å². The van der Waals surface area contributed by atoms with Crippen molar-refractivity contribution in [2.75, 3.05) is 32.7 Å². The Morgan fingerprint density at radius 2 is 1.85 bits per heavy atom. The van der Waals surface area contributed by atoms with Gasteiger partial charge in [0.1, 0.15) is 5.56 Å². The van der Waals surface area contributed by atoms with Crippen molar-refractivity contribution >= 4 is 5.91 Å². The predicted molar refractivity (Wildman–Crippen MR) is 81.0 cm³/mol. The van der Waals surface area contributed by atoms with E-state index in [0.29, 0.717) is 13.1 Å². The molecule has 1 heterocycles. The number of rotatable bonds is 8. The average Bonchev–Trinajstić information content (AvgIpc) is 2.47. The molecule has 5 nitrogen and oxygen atoms in total. The van der Waals surface area contributed by atoms with Crippen LogP contribution in [0.5, 0.6) is 0 Å². The summed E-state index contributed by atoms with van der Waals surface area (Å²) in [5.41, 5.74) is -0.00636. The normalized spacial score (nSPS) is 10.8. The molecule has 0 aliphatic heterocycles. The number of carbonyl (C=O) groups is 1. The molecule has 20 heavy (non-hydrogen) atoms. The number of H-pyrrole nitrogens is 1. The summed E-state index contributed by atoms with van der Waals surface area (Å²) in [6.07, 6.45) is 3.94. The number of pyridine rings is 1. The van der Waals surface area contributed by atoms with Crippen molar-refractivity contribution in [1.82, 2.24) is 14.8 Å². The van der Waals surface area contributed by atoms with E-state index in [4.69, 9.17) is 0 Å². The van der Waals surface area contributed by atoms with Crippen LogP contribution in [0.3, 0.4) is 0 Å². The Balaban J connectivity index is 2.60. The molecule has 112 valence electrons. The highest BCUT2D eigenvalue weighted by Gasteiger charge is 2.16. The van der Waals surface area contributed by atoms with Gasteiger partial charge in [-0.15, -0.1) is 0 Å². The van der Waals surface area contributed by atoms with Crippen molar-refractivity contribution in [3.63, 3.8) is 0 Å². The molecule has 0 fully saturated rings. The van der Waals surface area contributed by atoms with Gasteiger partial charge in [-0.05, 0) is 33.0 Å². The van der Waals surface area contributed by atoms with E-state index >= 15 is 0 Å². The molecule has 0 saturated carbocycles. The summed E-state index contributed by atoms with van der Waals surface area (Å²) in [4.78, 5) is 30.8. The first-order chi connectivity index (χ1) is 9.63. The number of hydrogen-bond acceptors (Lipinski definition) is 3. The molecular weight excluding hydrogens is 254 g/mol. The molecule has 5 heteroatoms. The third-order valence-electron chi connectivity index (χ3n) is 3.52. The first-order valence-electron chi connectivity index (χ1n) is 7.32. The monoisotopic (exact) mass is 279 g/mol. The highest BCUT2D eigenvalue weighted by atomic mass is 16.2. The molecule has 0 aromatic carbocycles.